The van der Waals surface area contributed by atoms with Crippen LogP contribution in [0.25, 0.3) is 10.7 Å². The quantitative estimate of drug-likeness (QED) is 0.927. The molecule has 2 heterocycles. The number of nitrogens with one attached hydrogen (secondary N) is 1. The first kappa shape index (κ1) is 13.5. The number of hydrogen-bond donors (Lipinski definition) is 1. The lowest BCUT2D eigenvalue weighted by Gasteiger charge is -2.05. The van der Waals surface area contributed by atoms with Gasteiger partial charge in [-0.05, 0) is 22.0 Å². The van der Waals surface area contributed by atoms with E-state index in [9.17, 15) is 13.2 Å². The number of thiophene rings is 1. The standard InChI is InChI=1S/C9H7BrF3N3OS/c10-5-1-6(18-3-5)8-15-7(17-16-8)2-14-4-9(11,12)13/h1,3,14H,2,4H2. The van der Waals surface area contributed by atoms with Crippen LogP contribution in [0.2, 0.25) is 0 Å². The second-order valence-corrected chi connectivity index (χ2v) is 5.19. The smallest absolute Gasteiger partial charge is 0.338 e. The maximum absolute atomic E-state index is 11.9. The molecule has 9 heteroatoms. The fraction of sp³-hybridized carbons (Fsp3) is 0.333. The summed E-state index contributed by atoms with van der Waals surface area (Å²) in [6.45, 7) is -1.20. The van der Waals surface area contributed by atoms with Crippen LogP contribution in [0, 0.1) is 0 Å². The largest absolute Gasteiger partial charge is 0.401 e. The number of hydrogen-bond acceptors (Lipinski definition) is 5. The van der Waals surface area contributed by atoms with Crippen molar-refractivity contribution in [1.29, 1.82) is 0 Å². The van der Waals surface area contributed by atoms with Crippen LogP contribution in [-0.4, -0.2) is 22.9 Å². The summed E-state index contributed by atoms with van der Waals surface area (Å²) in [6.07, 6.45) is -4.25. The lowest BCUT2D eigenvalue weighted by atomic mass is 10.4. The Hall–Kier alpha value is -0.930. The lowest BCUT2D eigenvalue weighted by molar-refractivity contribution is -0.125. The number of halogens is 4. The molecular weight excluding hydrogens is 335 g/mol. The van der Waals surface area contributed by atoms with Crippen molar-refractivity contribution in [3.63, 3.8) is 0 Å². The molecule has 1 N–H and O–H groups in total. The van der Waals surface area contributed by atoms with Crippen LogP contribution < -0.4 is 5.32 Å². The normalized spacial score (nSPS) is 12.0. The van der Waals surface area contributed by atoms with Gasteiger partial charge < -0.3 is 9.84 Å². The molecule has 2 aromatic heterocycles. The summed E-state index contributed by atoms with van der Waals surface area (Å²) in [5.74, 6) is 0.494. The third-order valence-electron chi connectivity index (χ3n) is 1.86. The second kappa shape index (κ2) is 5.37. The Kier molecular flexibility index (Phi) is 4.03. The van der Waals surface area contributed by atoms with Crippen LogP contribution >= 0.6 is 27.3 Å². The first-order valence-corrected chi connectivity index (χ1v) is 6.46. The Morgan fingerprint density at radius 2 is 2.22 bits per heavy atom. The van der Waals surface area contributed by atoms with Gasteiger partial charge in [-0.3, -0.25) is 0 Å². The monoisotopic (exact) mass is 341 g/mol. The summed E-state index contributed by atoms with van der Waals surface area (Å²) >= 11 is 4.70. The molecule has 0 radical (unpaired) electrons. The Bertz CT molecular complexity index is 525. The molecule has 0 fully saturated rings. The fourth-order valence-corrected chi connectivity index (χ4v) is 2.52. The van der Waals surface area contributed by atoms with Crippen molar-refractivity contribution in [3.8, 4) is 10.7 Å². The average Bonchev–Trinajstić information content (AvgIpc) is 2.85. The van der Waals surface area contributed by atoms with Crippen molar-refractivity contribution in [1.82, 2.24) is 15.5 Å². The molecule has 2 aromatic rings. The van der Waals surface area contributed by atoms with Crippen molar-refractivity contribution in [2.24, 2.45) is 0 Å². The summed E-state index contributed by atoms with van der Waals surface area (Å²) in [7, 11) is 0. The van der Waals surface area contributed by atoms with Crippen molar-refractivity contribution in [3.05, 3.63) is 21.8 Å². The Morgan fingerprint density at radius 1 is 1.44 bits per heavy atom. The lowest BCUT2D eigenvalue weighted by Crippen LogP contribution is -2.28. The molecule has 98 valence electrons. The minimum Gasteiger partial charge on any atom is -0.338 e. The van der Waals surface area contributed by atoms with E-state index in [1.807, 2.05) is 11.4 Å². The van der Waals surface area contributed by atoms with E-state index in [-0.39, 0.29) is 12.4 Å². The van der Waals surface area contributed by atoms with E-state index in [1.165, 1.54) is 11.3 Å². The van der Waals surface area contributed by atoms with Crippen LogP contribution in [-0.2, 0) is 6.54 Å². The average molecular weight is 342 g/mol. The zero-order valence-electron chi connectivity index (χ0n) is 8.79. The molecule has 0 aliphatic rings. The van der Waals surface area contributed by atoms with Gasteiger partial charge in [0.15, 0.2) is 0 Å². The molecule has 0 aliphatic carbocycles. The van der Waals surface area contributed by atoms with Gasteiger partial charge in [0.05, 0.1) is 18.0 Å². The first-order chi connectivity index (χ1) is 8.44. The number of aromatic nitrogens is 2. The van der Waals surface area contributed by atoms with Gasteiger partial charge in [-0.25, -0.2) is 0 Å². The summed E-state index contributed by atoms with van der Waals surface area (Å²) in [5, 5.41) is 7.74. The summed E-state index contributed by atoms with van der Waals surface area (Å²) in [6, 6.07) is 1.81. The van der Waals surface area contributed by atoms with Crippen LogP contribution in [0.1, 0.15) is 5.89 Å². The van der Waals surface area contributed by atoms with Crippen molar-refractivity contribution >= 4 is 27.3 Å². The number of nitrogens with zero attached hydrogens (tertiary/aromatic N) is 2. The van der Waals surface area contributed by atoms with Gasteiger partial charge in [-0.2, -0.15) is 18.2 Å². The number of rotatable bonds is 4. The summed E-state index contributed by atoms with van der Waals surface area (Å²) in [4.78, 5) is 4.78. The van der Waals surface area contributed by atoms with Crippen LogP contribution in [0.15, 0.2) is 20.4 Å². The van der Waals surface area contributed by atoms with Crippen LogP contribution in [0.3, 0.4) is 0 Å². The van der Waals surface area contributed by atoms with Gasteiger partial charge in [0.2, 0.25) is 11.7 Å². The zero-order chi connectivity index (χ0) is 13.2. The molecule has 4 nitrogen and oxygen atoms in total. The summed E-state index contributed by atoms with van der Waals surface area (Å²) in [5.41, 5.74) is 0. The Balaban J connectivity index is 1.94. The molecule has 0 spiro atoms. The highest BCUT2D eigenvalue weighted by Crippen LogP contribution is 2.27. The Morgan fingerprint density at radius 3 is 2.83 bits per heavy atom. The van der Waals surface area contributed by atoms with E-state index in [0.717, 1.165) is 9.35 Å². The van der Waals surface area contributed by atoms with E-state index in [4.69, 9.17) is 4.52 Å². The van der Waals surface area contributed by atoms with Gasteiger partial charge in [0.1, 0.15) is 0 Å². The zero-order valence-corrected chi connectivity index (χ0v) is 11.2. The molecule has 0 aromatic carbocycles. The minimum absolute atomic E-state index is 0.112. The van der Waals surface area contributed by atoms with E-state index in [0.29, 0.717) is 5.82 Å². The van der Waals surface area contributed by atoms with E-state index >= 15 is 0 Å². The highest BCUT2D eigenvalue weighted by molar-refractivity contribution is 9.10. The first-order valence-electron chi connectivity index (χ1n) is 4.78. The predicted octanol–water partition coefficient (Wildman–Crippen LogP) is 3.21. The number of alkyl halides is 3. The Labute approximate surface area is 112 Å². The highest BCUT2D eigenvalue weighted by Gasteiger charge is 2.26. The minimum atomic E-state index is -4.25. The third kappa shape index (κ3) is 3.79. The maximum atomic E-state index is 11.9. The molecule has 0 saturated heterocycles. The third-order valence-corrected chi connectivity index (χ3v) is 3.54. The molecule has 18 heavy (non-hydrogen) atoms. The topological polar surface area (TPSA) is 51.0 Å². The molecule has 0 bridgehead atoms. The van der Waals surface area contributed by atoms with E-state index < -0.39 is 12.7 Å². The van der Waals surface area contributed by atoms with Crippen molar-refractivity contribution < 1.29 is 17.7 Å². The molecule has 0 unspecified atom stereocenters. The summed E-state index contributed by atoms with van der Waals surface area (Å²) < 4.78 is 41.4. The van der Waals surface area contributed by atoms with Gasteiger partial charge in [-0.1, -0.05) is 5.16 Å². The molecule has 0 atom stereocenters. The van der Waals surface area contributed by atoms with Gasteiger partial charge in [0.25, 0.3) is 0 Å². The van der Waals surface area contributed by atoms with Crippen molar-refractivity contribution in [2.75, 3.05) is 6.54 Å². The van der Waals surface area contributed by atoms with Crippen LogP contribution in [0.5, 0.6) is 0 Å². The maximum Gasteiger partial charge on any atom is 0.401 e. The van der Waals surface area contributed by atoms with Gasteiger partial charge >= 0.3 is 6.18 Å². The predicted molar refractivity (Wildman–Crippen MR) is 63.1 cm³/mol. The molecule has 2 rings (SSSR count). The van der Waals surface area contributed by atoms with Crippen LogP contribution in [0.4, 0.5) is 13.2 Å². The second-order valence-electron chi connectivity index (χ2n) is 3.36. The van der Waals surface area contributed by atoms with E-state index in [2.05, 4.69) is 31.4 Å². The molecule has 0 amide bonds. The van der Waals surface area contributed by atoms with Gasteiger partial charge in [0, 0.05) is 9.85 Å². The molecule has 0 aliphatic heterocycles. The van der Waals surface area contributed by atoms with Crippen molar-refractivity contribution in [2.45, 2.75) is 12.7 Å². The molecule has 0 saturated carbocycles. The highest BCUT2D eigenvalue weighted by atomic mass is 79.9. The van der Waals surface area contributed by atoms with E-state index in [1.54, 1.807) is 0 Å². The fourth-order valence-electron chi connectivity index (χ4n) is 1.17. The molecular formula is C9H7BrF3N3OS. The SMILES string of the molecule is FC(F)(F)CNCc1nc(-c2cc(Br)cs2)no1. The van der Waals surface area contributed by atoms with Gasteiger partial charge in [-0.15, -0.1) is 11.3 Å².